The Bertz CT molecular complexity index is 3240. The fourth-order valence-electron chi connectivity index (χ4n) is 10.5. The summed E-state index contributed by atoms with van der Waals surface area (Å²) in [6.07, 6.45) is 14.0. The molecule has 6 aromatic carbocycles. The first-order chi connectivity index (χ1) is 29.7. The van der Waals surface area contributed by atoms with E-state index >= 15 is 0 Å². The molecule has 0 saturated heterocycles. The highest BCUT2D eigenvalue weighted by atomic mass is 15.0. The van der Waals surface area contributed by atoms with E-state index in [-0.39, 0.29) is 0 Å². The molecule has 4 nitrogen and oxygen atoms in total. The Labute approximate surface area is 349 Å². The van der Waals surface area contributed by atoms with Gasteiger partial charge in [-0.2, -0.15) is 0 Å². The zero-order valence-electron chi connectivity index (χ0n) is 33.5. The van der Waals surface area contributed by atoms with Crippen molar-refractivity contribution in [3.8, 4) is 33.6 Å². The second-order valence-corrected chi connectivity index (χ2v) is 16.4. The Kier molecular flexibility index (Phi) is 7.89. The number of fused-ring (bicyclic) bond motifs is 9. The fourth-order valence-corrected chi connectivity index (χ4v) is 10.5. The minimum Gasteiger partial charge on any atom is -0.311 e. The van der Waals surface area contributed by atoms with Crippen molar-refractivity contribution in [1.29, 1.82) is 0 Å². The molecule has 1 atom stereocenters. The van der Waals surface area contributed by atoms with Crippen LogP contribution < -0.4 is 0 Å². The molecule has 1 unspecified atom stereocenters. The summed E-state index contributed by atoms with van der Waals surface area (Å²) in [5, 5.41) is 3.75. The highest BCUT2D eigenvalue weighted by Crippen LogP contribution is 2.56. The number of pyridine rings is 2. The second kappa shape index (κ2) is 13.6. The number of allylic oxidation sites excluding steroid dienone is 1. The van der Waals surface area contributed by atoms with Crippen LogP contribution in [0.1, 0.15) is 53.4 Å². The lowest BCUT2D eigenvalue weighted by atomic mass is 9.69. The third kappa shape index (κ3) is 5.04. The maximum atomic E-state index is 5.18. The number of para-hydroxylation sites is 1. The van der Waals surface area contributed by atoms with Crippen molar-refractivity contribution in [2.24, 2.45) is 5.92 Å². The van der Waals surface area contributed by atoms with E-state index in [1.165, 1.54) is 95.0 Å². The SMILES string of the molecule is CCC1C=Cc2c(n(-c3ccc(-c4ccc(-n5c6ccccc6c6cc7c(cc65)C(c5ccccc5)(c5ccccc5)c5ncccc5-7)cc4)cc3)c3cnccc23)CC1. The average Bonchev–Trinajstić information content (AvgIpc) is 3.85. The minimum absolute atomic E-state index is 0.573. The van der Waals surface area contributed by atoms with Crippen molar-refractivity contribution >= 4 is 38.8 Å². The minimum atomic E-state index is -0.573. The van der Waals surface area contributed by atoms with E-state index in [1.807, 2.05) is 18.6 Å². The summed E-state index contributed by atoms with van der Waals surface area (Å²) < 4.78 is 4.88. The van der Waals surface area contributed by atoms with E-state index in [0.717, 1.165) is 24.2 Å². The predicted octanol–water partition coefficient (Wildman–Crippen LogP) is 13.5. The van der Waals surface area contributed by atoms with Crippen LogP contribution in [0.15, 0.2) is 188 Å². The molecular weight excluding hydrogens is 729 g/mol. The number of benzene rings is 6. The molecule has 60 heavy (non-hydrogen) atoms. The first-order valence-electron chi connectivity index (χ1n) is 21.2. The van der Waals surface area contributed by atoms with Crippen LogP contribution in [0.3, 0.4) is 0 Å². The zero-order valence-corrected chi connectivity index (χ0v) is 33.5. The molecule has 4 heterocycles. The first-order valence-corrected chi connectivity index (χ1v) is 21.2. The van der Waals surface area contributed by atoms with Gasteiger partial charge in [0, 0.05) is 56.7 Å². The zero-order chi connectivity index (χ0) is 39.8. The number of aromatic nitrogens is 4. The van der Waals surface area contributed by atoms with E-state index in [2.05, 4.69) is 197 Å². The second-order valence-electron chi connectivity index (χ2n) is 16.4. The molecule has 0 N–H and O–H groups in total. The Balaban J connectivity index is 0.982. The van der Waals surface area contributed by atoms with E-state index in [4.69, 9.17) is 4.98 Å². The van der Waals surface area contributed by atoms with Crippen molar-refractivity contribution in [2.75, 3.05) is 0 Å². The van der Waals surface area contributed by atoms with Crippen LogP contribution in [-0.2, 0) is 11.8 Å². The summed E-state index contributed by atoms with van der Waals surface area (Å²) in [4.78, 5) is 9.73. The third-order valence-electron chi connectivity index (χ3n) is 13.4. The molecule has 0 saturated carbocycles. The van der Waals surface area contributed by atoms with Crippen molar-refractivity contribution in [2.45, 2.75) is 31.6 Å². The topological polar surface area (TPSA) is 35.6 Å². The molecule has 12 rings (SSSR count). The Hall–Kier alpha value is -7.30. The number of rotatable bonds is 6. The highest BCUT2D eigenvalue weighted by Gasteiger charge is 2.48. The van der Waals surface area contributed by atoms with Crippen LogP contribution in [0, 0.1) is 5.92 Å². The van der Waals surface area contributed by atoms with E-state index in [1.54, 1.807) is 0 Å². The summed E-state index contributed by atoms with van der Waals surface area (Å²) in [7, 11) is 0. The number of nitrogens with zero attached hydrogens (tertiary/aromatic N) is 4. The standard InChI is InChI=1S/C56H42N4/c1-2-37-19-29-45-46-31-33-57-36-54(46)60(52(45)30-20-37)43-27-23-39(24-28-43)38-21-25-42(26-22-38)59-51-18-10-9-16-44(51)49-34-48-47-17-11-32-58-55(47)56(50(48)35-53(49)59,40-12-5-3-6-13-40)41-14-7-4-8-15-41/h3-19,21-29,31-37H,2,20,30H2,1H3. The van der Waals surface area contributed by atoms with Crippen LogP contribution in [0.25, 0.3) is 72.4 Å². The summed E-state index contributed by atoms with van der Waals surface area (Å²) in [6.45, 7) is 2.29. The van der Waals surface area contributed by atoms with E-state index in [0.29, 0.717) is 5.92 Å². The molecule has 4 aromatic heterocycles. The lowest BCUT2D eigenvalue weighted by Gasteiger charge is -2.32. The van der Waals surface area contributed by atoms with Crippen LogP contribution in [0.5, 0.6) is 0 Å². The molecule has 0 spiro atoms. The fraction of sp³-hybridized carbons (Fsp3) is 0.107. The molecule has 0 radical (unpaired) electrons. The summed E-state index contributed by atoms with van der Waals surface area (Å²) >= 11 is 0. The molecule has 0 aliphatic heterocycles. The van der Waals surface area contributed by atoms with Gasteiger partial charge in [-0.25, -0.2) is 0 Å². The van der Waals surface area contributed by atoms with Crippen LogP contribution >= 0.6 is 0 Å². The van der Waals surface area contributed by atoms with Gasteiger partial charge in [0.15, 0.2) is 0 Å². The summed E-state index contributed by atoms with van der Waals surface area (Å²) in [6, 6.07) is 60.2. The third-order valence-corrected chi connectivity index (χ3v) is 13.4. The lowest BCUT2D eigenvalue weighted by molar-refractivity contribution is 0.571. The Morgan fingerprint density at radius 1 is 0.583 bits per heavy atom. The molecule has 0 fully saturated rings. The Morgan fingerprint density at radius 2 is 1.27 bits per heavy atom. The predicted molar refractivity (Wildman–Crippen MR) is 247 cm³/mol. The van der Waals surface area contributed by atoms with Gasteiger partial charge in [0.1, 0.15) is 0 Å². The van der Waals surface area contributed by atoms with Gasteiger partial charge in [0.2, 0.25) is 0 Å². The molecular formula is C56H42N4. The maximum absolute atomic E-state index is 5.18. The van der Waals surface area contributed by atoms with Gasteiger partial charge in [-0.05, 0) is 113 Å². The van der Waals surface area contributed by atoms with Gasteiger partial charge in [-0.1, -0.05) is 128 Å². The van der Waals surface area contributed by atoms with Crippen LogP contribution in [0.2, 0.25) is 0 Å². The molecule has 10 aromatic rings. The first kappa shape index (κ1) is 34.7. The molecule has 286 valence electrons. The van der Waals surface area contributed by atoms with Crippen molar-refractivity contribution in [1.82, 2.24) is 19.1 Å². The number of hydrogen-bond donors (Lipinski definition) is 0. The average molecular weight is 771 g/mol. The van der Waals surface area contributed by atoms with Gasteiger partial charge < -0.3 is 9.13 Å². The Morgan fingerprint density at radius 3 is 1.98 bits per heavy atom. The normalized spacial score (nSPS) is 15.2. The van der Waals surface area contributed by atoms with Gasteiger partial charge in [-0.3, -0.25) is 9.97 Å². The maximum Gasteiger partial charge on any atom is 0.0886 e. The van der Waals surface area contributed by atoms with Crippen molar-refractivity contribution in [3.63, 3.8) is 0 Å². The quantitative estimate of drug-likeness (QED) is 0.169. The lowest BCUT2D eigenvalue weighted by Crippen LogP contribution is -2.29. The van der Waals surface area contributed by atoms with Crippen LogP contribution in [0.4, 0.5) is 0 Å². The molecule has 0 bridgehead atoms. The van der Waals surface area contributed by atoms with E-state index < -0.39 is 5.41 Å². The monoisotopic (exact) mass is 770 g/mol. The molecule has 0 amide bonds. The number of hydrogen-bond acceptors (Lipinski definition) is 2. The van der Waals surface area contributed by atoms with Gasteiger partial charge >= 0.3 is 0 Å². The van der Waals surface area contributed by atoms with Crippen molar-refractivity contribution in [3.05, 3.63) is 222 Å². The van der Waals surface area contributed by atoms with Crippen LogP contribution in [-0.4, -0.2) is 19.1 Å². The molecule has 4 heteroatoms. The van der Waals surface area contributed by atoms with Gasteiger partial charge in [-0.15, -0.1) is 0 Å². The molecule has 2 aliphatic rings. The van der Waals surface area contributed by atoms with Gasteiger partial charge in [0.25, 0.3) is 0 Å². The van der Waals surface area contributed by atoms with Crippen molar-refractivity contribution < 1.29 is 0 Å². The summed E-state index contributed by atoms with van der Waals surface area (Å²) in [5.74, 6) is 0.614. The van der Waals surface area contributed by atoms with E-state index in [9.17, 15) is 0 Å². The largest absolute Gasteiger partial charge is 0.311 e. The molecule has 2 aliphatic carbocycles. The smallest absolute Gasteiger partial charge is 0.0886 e. The van der Waals surface area contributed by atoms with Gasteiger partial charge in [0.05, 0.1) is 33.9 Å². The summed E-state index contributed by atoms with van der Waals surface area (Å²) in [5.41, 5.74) is 17.6. The highest BCUT2D eigenvalue weighted by molar-refractivity contribution is 6.12.